The third-order valence-corrected chi connectivity index (χ3v) is 6.03. The van der Waals surface area contributed by atoms with E-state index >= 15 is 0 Å². The molecule has 1 fully saturated rings. The molecule has 3 aliphatic rings. The van der Waals surface area contributed by atoms with Crippen molar-refractivity contribution < 1.29 is 18.3 Å². The summed E-state index contributed by atoms with van der Waals surface area (Å²) in [5.74, 6) is -2.04. The van der Waals surface area contributed by atoms with Crippen LogP contribution in [-0.4, -0.2) is 23.9 Å². The SMILES string of the molecule is Cc1c(F)c2nc(c1F)Oc1ccc(c(C(=N)N)c1)[N+]1(CCCC1)c1cccc(c1)O2. The van der Waals surface area contributed by atoms with Crippen molar-refractivity contribution in [3.05, 3.63) is 65.2 Å². The monoisotopic (exact) mass is 423 g/mol. The van der Waals surface area contributed by atoms with Crippen LogP contribution in [0.25, 0.3) is 0 Å². The zero-order valence-electron chi connectivity index (χ0n) is 16.9. The molecule has 6 nitrogen and oxygen atoms in total. The average Bonchev–Trinajstić information content (AvgIpc) is 3.26. The molecular weight excluding hydrogens is 402 g/mol. The summed E-state index contributed by atoms with van der Waals surface area (Å²) in [4.78, 5) is 3.95. The van der Waals surface area contributed by atoms with Crippen molar-refractivity contribution in [3.63, 3.8) is 0 Å². The fourth-order valence-corrected chi connectivity index (χ4v) is 4.46. The van der Waals surface area contributed by atoms with Gasteiger partial charge in [0.15, 0.2) is 11.6 Å². The first-order chi connectivity index (χ1) is 14.9. The van der Waals surface area contributed by atoms with Crippen LogP contribution in [0.3, 0.4) is 0 Å². The number of amidine groups is 1. The summed E-state index contributed by atoms with van der Waals surface area (Å²) in [5, 5.41) is 8.17. The molecule has 31 heavy (non-hydrogen) atoms. The van der Waals surface area contributed by atoms with Crippen LogP contribution in [0.1, 0.15) is 24.0 Å². The lowest BCUT2D eigenvalue weighted by atomic mass is 10.1. The highest BCUT2D eigenvalue weighted by Crippen LogP contribution is 2.44. The van der Waals surface area contributed by atoms with Crippen LogP contribution in [0.4, 0.5) is 20.2 Å². The number of nitrogens with one attached hydrogen (secondary N) is 1. The largest absolute Gasteiger partial charge is 0.436 e. The fraction of sp³-hybridized carbons (Fsp3) is 0.217. The Kier molecular flexibility index (Phi) is 4.40. The normalized spacial score (nSPS) is 16.1. The Balaban J connectivity index is 1.83. The van der Waals surface area contributed by atoms with Gasteiger partial charge in [0.2, 0.25) is 0 Å². The number of benzene rings is 2. The molecule has 0 amide bonds. The molecule has 158 valence electrons. The topological polar surface area (TPSA) is 81.2 Å². The molecule has 2 aromatic carbocycles. The number of nitrogens with zero attached hydrogens (tertiary/aromatic N) is 2. The highest BCUT2D eigenvalue weighted by atomic mass is 19.1. The number of hydrogen-bond acceptors (Lipinski definition) is 4. The van der Waals surface area contributed by atoms with Crippen molar-refractivity contribution in [2.24, 2.45) is 5.73 Å². The van der Waals surface area contributed by atoms with E-state index in [0.717, 1.165) is 37.3 Å². The number of quaternary nitrogens is 1. The molecule has 0 unspecified atom stereocenters. The summed E-state index contributed by atoms with van der Waals surface area (Å²) in [6.07, 6.45) is 2.00. The smallest absolute Gasteiger partial charge is 0.259 e. The molecule has 0 radical (unpaired) electrons. The molecule has 3 aromatic rings. The van der Waals surface area contributed by atoms with Crippen LogP contribution in [0.5, 0.6) is 23.3 Å². The van der Waals surface area contributed by atoms with Crippen LogP contribution >= 0.6 is 0 Å². The summed E-state index contributed by atoms with van der Waals surface area (Å²) in [5.41, 5.74) is 7.99. The molecule has 1 aromatic heterocycles. The Morgan fingerprint density at radius 2 is 1.65 bits per heavy atom. The van der Waals surface area contributed by atoms with Gasteiger partial charge in [0, 0.05) is 30.5 Å². The third kappa shape index (κ3) is 3.02. The zero-order valence-corrected chi connectivity index (χ0v) is 16.9. The molecule has 0 aliphatic carbocycles. The van der Waals surface area contributed by atoms with Crippen molar-refractivity contribution in [3.8, 4) is 23.3 Å². The van der Waals surface area contributed by atoms with Crippen LogP contribution in [0.15, 0.2) is 42.5 Å². The van der Waals surface area contributed by atoms with E-state index < -0.39 is 17.5 Å². The van der Waals surface area contributed by atoms with Crippen molar-refractivity contribution in [2.45, 2.75) is 19.8 Å². The van der Waals surface area contributed by atoms with Gasteiger partial charge < -0.3 is 15.2 Å². The van der Waals surface area contributed by atoms with Gasteiger partial charge in [-0.15, -0.1) is 0 Å². The summed E-state index contributed by atoms with van der Waals surface area (Å²) >= 11 is 0. The second-order valence-corrected chi connectivity index (χ2v) is 7.89. The first-order valence-electron chi connectivity index (χ1n) is 10.1. The quantitative estimate of drug-likeness (QED) is 0.317. The van der Waals surface area contributed by atoms with E-state index in [1.165, 1.54) is 6.92 Å². The molecule has 3 N–H and O–H groups in total. The van der Waals surface area contributed by atoms with E-state index in [-0.39, 0.29) is 23.0 Å². The maximum Gasteiger partial charge on any atom is 0.259 e. The van der Waals surface area contributed by atoms with Gasteiger partial charge in [0.25, 0.3) is 11.8 Å². The van der Waals surface area contributed by atoms with Crippen LogP contribution in [-0.2, 0) is 0 Å². The van der Waals surface area contributed by atoms with E-state index in [1.807, 2.05) is 24.3 Å². The molecule has 0 saturated carbocycles. The van der Waals surface area contributed by atoms with E-state index in [0.29, 0.717) is 15.8 Å². The number of ether oxygens (including phenoxy) is 2. The van der Waals surface area contributed by atoms with Gasteiger partial charge in [0.1, 0.15) is 28.7 Å². The van der Waals surface area contributed by atoms with E-state index in [1.54, 1.807) is 18.2 Å². The van der Waals surface area contributed by atoms with Crippen molar-refractivity contribution in [1.29, 1.82) is 5.41 Å². The third-order valence-electron chi connectivity index (χ3n) is 6.03. The molecular formula is C23H21F2N4O2+. The van der Waals surface area contributed by atoms with Crippen molar-refractivity contribution in [2.75, 3.05) is 13.1 Å². The lowest BCUT2D eigenvalue weighted by Crippen LogP contribution is -2.42. The number of fused-ring (bicyclic) bond motifs is 2. The van der Waals surface area contributed by atoms with Crippen LogP contribution < -0.4 is 19.7 Å². The average molecular weight is 423 g/mol. The highest BCUT2D eigenvalue weighted by molar-refractivity contribution is 6.01. The zero-order chi connectivity index (χ0) is 21.8. The second kappa shape index (κ2) is 7.02. The van der Waals surface area contributed by atoms with Gasteiger partial charge in [-0.25, -0.2) is 8.78 Å². The van der Waals surface area contributed by atoms with Gasteiger partial charge in [-0.05, 0) is 31.2 Å². The number of nitrogens with two attached hydrogens (primary N) is 1. The lowest BCUT2D eigenvalue weighted by Gasteiger charge is -2.35. The fourth-order valence-electron chi connectivity index (χ4n) is 4.46. The summed E-state index contributed by atoms with van der Waals surface area (Å²) in [6, 6.07) is 12.5. The second-order valence-electron chi connectivity index (χ2n) is 7.89. The molecule has 1 spiro atoms. The lowest BCUT2D eigenvalue weighted by molar-refractivity contribution is 0.373. The Labute approximate surface area is 177 Å². The van der Waals surface area contributed by atoms with Gasteiger partial charge in [-0.1, -0.05) is 6.07 Å². The Morgan fingerprint density at radius 3 is 2.29 bits per heavy atom. The first kappa shape index (κ1) is 19.4. The number of nitrogen functional groups attached to an aromatic ring is 1. The predicted octanol–water partition coefficient (Wildman–Crippen LogP) is 5.28. The number of aromatic nitrogens is 1. The van der Waals surface area contributed by atoms with Crippen LogP contribution in [0.2, 0.25) is 0 Å². The van der Waals surface area contributed by atoms with Gasteiger partial charge >= 0.3 is 0 Å². The predicted molar refractivity (Wildman–Crippen MR) is 113 cm³/mol. The highest BCUT2D eigenvalue weighted by Gasteiger charge is 2.40. The minimum absolute atomic E-state index is 0.114. The molecule has 4 heterocycles. The van der Waals surface area contributed by atoms with Crippen molar-refractivity contribution in [1.82, 2.24) is 9.47 Å². The Bertz CT molecular complexity index is 1220. The summed E-state index contributed by atoms with van der Waals surface area (Å²) < 4.78 is 41.3. The number of halogens is 2. The Hall–Kier alpha value is -3.52. The van der Waals surface area contributed by atoms with Gasteiger partial charge in [-0.3, -0.25) is 9.89 Å². The number of rotatable bonds is 1. The standard InChI is InChI=1S/C23H21F2N4O2/c1-13-19(24)22-28-23(20(13)25)31-16-7-8-18(17(12-16)21(26)27)29(9-2-3-10-29)14-5-4-6-15(11-14)30-22/h4-8,11-12H,2-3,9-10H2,1H3,(H3,26,27)/q+1. The molecule has 1 saturated heterocycles. The van der Waals surface area contributed by atoms with Crippen molar-refractivity contribution >= 4 is 17.2 Å². The molecule has 6 bridgehead atoms. The molecule has 3 aliphatic heterocycles. The summed E-state index contributed by atoms with van der Waals surface area (Å²) in [6.45, 7) is 2.94. The van der Waals surface area contributed by atoms with E-state index in [4.69, 9.17) is 20.6 Å². The van der Waals surface area contributed by atoms with E-state index in [9.17, 15) is 8.78 Å². The van der Waals surface area contributed by atoms with Gasteiger partial charge in [-0.2, -0.15) is 4.98 Å². The maximum atomic E-state index is 14.7. The molecule has 8 heteroatoms. The minimum atomic E-state index is -0.912. The minimum Gasteiger partial charge on any atom is -0.436 e. The number of hydrogen-bond donors (Lipinski definition) is 2. The molecule has 6 rings (SSSR count). The van der Waals surface area contributed by atoms with Crippen LogP contribution in [0, 0.1) is 24.0 Å². The Morgan fingerprint density at radius 1 is 1.00 bits per heavy atom. The van der Waals surface area contributed by atoms with E-state index in [2.05, 4.69) is 4.98 Å². The molecule has 0 atom stereocenters. The first-order valence-corrected chi connectivity index (χ1v) is 10.1. The maximum absolute atomic E-state index is 14.7. The number of pyridine rings is 1. The summed E-state index contributed by atoms with van der Waals surface area (Å²) in [7, 11) is 0. The van der Waals surface area contributed by atoms with Gasteiger partial charge in [0.05, 0.1) is 18.7 Å².